The summed E-state index contributed by atoms with van der Waals surface area (Å²) < 4.78 is 6.36. The quantitative estimate of drug-likeness (QED) is 0.190. The topological polar surface area (TPSA) is 118 Å². The Bertz CT molecular complexity index is 2490. The highest BCUT2D eigenvalue weighted by atomic mass is 16.5. The van der Waals surface area contributed by atoms with Gasteiger partial charge in [0, 0.05) is 38.4 Å². The van der Waals surface area contributed by atoms with Crippen LogP contribution in [-0.4, -0.2) is 46.5 Å². The maximum absolute atomic E-state index is 6.36. The van der Waals surface area contributed by atoms with Crippen molar-refractivity contribution < 1.29 is 4.74 Å². The Balaban J connectivity index is 1.43. The average molecular weight is 601 g/mol. The molecular formula is C37H28N8O. The van der Waals surface area contributed by atoms with Gasteiger partial charge in [0.1, 0.15) is 28.3 Å². The van der Waals surface area contributed by atoms with E-state index in [0.717, 1.165) is 68.8 Å². The fourth-order valence-corrected chi connectivity index (χ4v) is 6.31. The first kappa shape index (κ1) is 26.4. The SMILES string of the molecule is CCCCCOc1cccc2c3nc4nc(nc5[nH]c(nc6nc(nc([nH]3)c12)-c1ccccc1-6)c1ccccc51)-c1ccccc1-4. The number of aromatic nitrogens is 8. The molecule has 222 valence electrons. The van der Waals surface area contributed by atoms with E-state index in [9.17, 15) is 0 Å². The number of nitrogens with one attached hydrogen (secondary N) is 2. The van der Waals surface area contributed by atoms with E-state index < -0.39 is 0 Å². The number of hydrogen-bond donors (Lipinski definition) is 2. The van der Waals surface area contributed by atoms with Gasteiger partial charge in [-0.25, -0.2) is 29.9 Å². The van der Waals surface area contributed by atoms with Crippen molar-refractivity contribution in [3.05, 3.63) is 91.0 Å². The fraction of sp³-hybridized carbons (Fsp3) is 0.135. The van der Waals surface area contributed by atoms with E-state index in [1.54, 1.807) is 0 Å². The summed E-state index contributed by atoms with van der Waals surface area (Å²) in [4.78, 5) is 37.3. The Morgan fingerprint density at radius 3 is 1.48 bits per heavy atom. The van der Waals surface area contributed by atoms with E-state index in [1.807, 2.05) is 91.0 Å². The number of fused-ring (bicyclic) bond motifs is 20. The van der Waals surface area contributed by atoms with Gasteiger partial charge in [0.05, 0.1) is 12.0 Å². The van der Waals surface area contributed by atoms with E-state index in [-0.39, 0.29) is 0 Å². The van der Waals surface area contributed by atoms with E-state index >= 15 is 0 Å². The molecule has 0 atom stereocenters. The summed E-state index contributed by atoms with van der Waals surface area (Å²) in [5.41, 5.74) is 6.25. The standard InChI is InChI=1S/C37H28N8O/c1-2-3-10-20-46-28-19-11-18-27-29(28)37-44-35-26-17-9-8-16-25(26)33(42-35)40-31-22-13-5-4-12-21(22)30(38-31)39-32-23-14-6-7-15-24(23)34(41-32)43-36(27)45-37/h4-9,11-19H,2-3,10,20H2,1H3,(H2,38,39,40,41,42,43,44,45). The van der Waals surface area contributed by atoms with Crippen molar-refractivity contribution in [2.45, 2.75) is 26.2 Å². The predicted molar refractivity (Wildman–Crippen MR) is 181 cm³/mol. The Labute approximate surface area is 263 Å². The number of H-pyrrole nitrogens is 2. The molecule has 0 radical (unpaired) electrons. The van der Waals surface area contributed by atoms with Crippen molar-refractivity contribution in [3.63, 3.8) is 0 Å². The number of ether oxygens (including phenoxy) is 1. The van der Waals surface area contributed by atoms with Gasteiger partial charge in [0.25, 0.3) is 0 Å². The zero-order chi connectivity index (χ0) is 30.6. The van der Waals surface area contributed by atoms with Gasteiger partial charge in [-0.05, 0) is 12.5 Å². The predicted octanol–water partition coefficient (Wildman–Crippen LogP) is 8.44. The molecule has 4 aromatic carbocycles. The molecule has 3 aromatic heterocycles. The van der Waals surface area contributed by atoms with E-state index in [4.69, 9.17) is 34.6 Å². The minimum atomic E-state index is 0.567. The molecule has 0 spiro atoms. The molecule has 46 heavy (non-hydrogen) atoms. The second-order valence-electron chi connectivity index (χ2n) is 11.5. The molecule has 9 nitrogen and oxygen atoms in total. The van der Waals surface area contributed by atoms with Crippen molar-refractivity contribution in [1.82, 2.24) is 39.9 Å². The lowest BCUT2D eigenvalue weighted by atomic mass is 10.1. The van der Waals surface area contributed by atoms with Crippen LogP contribution < -0.4 is 4.74 Å². The molecule has 2 aliphatic rings. The van der Waals surface area contributed by atoms with Gasteiger partial charge in [-0.2, -0.15) is 0 Å². The first-order chi connectivity index (χ1) is 22.7. The number of rotatable bonds is 5. The first-order valence-electron chi connectivity index (χ1n) is 15.6. The monoisotopic (exact) mass is 600 g/mol. The maximum atomic E-state index is 6.36. The van der Waals surface area contributed by atoms with Gasteiger partial charge >= 0.3 is 0 Å². The Kier molecular flexibility index (Phi) is 6.09. The van der Waals surface area contributed by atoms with E-state index in [2.05, 4.69) is 16.9 Å². The van der Waals surface area contributed by atoms with Crippen LogP contribution in [-0.2, 0) is 0 Å². The molecule has 5 heterocycles. The maximum Gasteiger partial charge on any atom is 0.164 e. The molecule has 2 N–H and O–H groups in total. The smallest absolute Gasteiger partial charge is 0.164 e. The zero-order valence-electron chi connectivity index (χ0n) is 25.1. The number of hydrogen-bond acceptors (Lipinski definition) is 7. The van der Waals surface area contributed by atoms with E-state index in [1.165, 1.54) is 0 Å². The largest absolute Gasteiger partial charge is 0.493 e. The van der Waals surface area contributed by atoms with Crippen LogP contribution >= 0.6 is 0 Å². The summed E-state index contributed by atoms with van der Waals surface area (Å²) in [5, 5.41) is 3.64. The molecular weight excluding hydrogens is 572 g/mol. The summed E-state index contributed by atoms with van der Waals surface area (Å²) in [6.45, 7) is 2.81. The Morgan fingerprint density at radius 2 is 0.935 bits per heavy atom. The Morgan fingerprint density at radius 1 is 0.478 bits per heavy atom. The second kappa shape index (κ2) is 10.6. The van der Waals surface area contributed by atoms with Crippen LogP contribution in [0.4, 0.5) is 0 Å². The highest BCUT2D eigenvalue weighted by Gasteiger charge is 2.22. The van der Waals surface area contributed by atoms with Gasteiger partial charge in [0.2, 0.25) is 0 Å². The van der Waals surface area contributed by atoms with Gasteiger partial charge < -0.3 is 14.7 Å². The molecule has 9 heteroatoms. The van der Waals surface area contributed by atoms with Crippen molar-refractivity contribution in [3.8, 4) is 51.3 Å². The van der Waals surface area contributed by atoms with Gasteiger partial charge in [0.15, 0.2) is 23.3 Å². The second-order valence-corrected chi connectivity index (χ2v) is 11.5. The average Bonchev–Trinajstić information content (AvgIpc) is 3.83. The van der Waals surface area contributed by atoms with Gasteiger partial charge in [-0.1, -0.05) is 105 Å². The normalized spacial score (nSPS) is 11.9. The van der Waals surface area contributed by atoms with Crippen LogP contribution in [0.5, 0.6) is 5.75 Å². The fourth-order valence-electron chi connectivity index (χ4n) is 6.31. The van der Waals surface area contributed by atoms with Crippen molar-refractivity contribution in [2.75, 3.05) is 6.61 Å². The molecule has 0 saturated carbocycles. The molecule has 9 rings (SSSR count). The number of unbranched alkanes of at least 4 members (excludes halogenated alkanes) is 2. The third-order valence-electron chi connectivity index (χ3n) is 8.55. The zero-order valence-corrected chi connectivity index (χ0v) is 25.1. The molecule has 0 unspecified atom stereocenters. The van der Waals surface area contributed by atoms with Gasteiger partial charge in [-0.15, -0.1) is 0 Å². The summed E-state index contributed by atoms with van der Waals surface area (Å²) in [6, 6.07) is 30.2. The summed E-state index contributed by atoms with van der Waals surface area (Å²) >= 11 is 0. The van der Waals surface area contributed by atoms with E-state index in [0.29, 0.717) is 52.5 Å². The molecule has 8 bridgehead atoms. The van der Waals surface area contributed by atoms with Crippen molar-refractivity contribution in [1.29, 1.82) is 0 Å². The molecule has 2 aliphatic heterocycles. The molecule has 7 aromatic rings. The molecule has 0 saturated heterocycles. The summed E-state index contributed by atoms with van der Waals surface area (Å²) in [5.74, 6) is 3.06. The van der Waals surface area contributed by atoms with Crippen LogP contribution in [0.15, 0.2) is 91.0 Å². The van der Waals surface area contributed by atoms with Crippen molar-refractivity contribution in [2.24, 2.45) is 0 Å². The lowest BCUT2D eigenvalue weighted by molar-refractivity contribution is 0.310. The summed E-state index contributed by atoms with van der Waals surface area (Å²) in [7, 11) is 0. The minimum absolute atomic E-state index is 0.567. The lowest BCUT2D eigenvalue weighted by Gasteiger charge is -2.07. The molecule has 0 amide bonds. The number of aromatic amines is 2. The molecule has 0 fully saturated rings. The van der Waals surface area contributed by atoms with Crippen molar-refractivity contribution >= 4 is 44.1 Å². The number of nitrogens with zero attached hydrogens (tertiary/aromatic N) is 6. The van der Waals surface area contributed by atoms with Crippen LogP contribution in [0.1, 0.15) is 26.2 Å². The minimum Gasteiger partial charge on any atom is -0.493 e. The third kappa shape index (κ3) is 4.23. The van der Waals surface area contributed by atoms with Crippen LogP contribution in [0, 0.1) is 0 Å². The Hall–Kier alpha value is -5.96. The highest BCUT2D eigenvalue weighted by molar-refractivity contribution is 6.08. The van der Waals surface area contributed by atoms with Gasteiger partial charge in [-0.3, -0.25) is 0 Å². The lowest BCUT2D eigenvalue weighted by Crippen LogP contribution is -1.97. The van der Waals surface area contributed by atoms with Crippen LogP contribution in [0.2, 0.25) is 0 Å². The first-order valence-corrected chi connectivity index (χ1v) is 15.6. The van der Waals surface area contributed by atoms with Crippen LogP contribution in [0.25, 0.3) is 89.7 Å². The molecule has 0 aliphatic carbocycles. The third-order valence-corrected chi connectivity index (χ3v) is 8.55. The highest BCUT2D eigenvalue weighted by Crippen LogP contribution is 2.38. The number of benzene rings is 4. The summed E-state index contributed by atoms with van der Waals surface area (Å²) in [6.07, 6.45) is 3.21. The van der Waals surface area contributed by atoms with Crippen LogP contribution in [0.3, 0.4) is 0 Å².